The van der Waals surface area contributed by atoms with Gasteiger partial charge in [-0.3, -0.25) is 0 Å². The fourth-order valence-electron chi connectivity index (χ4n) is 2.69. The Labute approximate surface area is 118 Å². The molecule has 0 amide bonds. The Bertz CT molecular complexity index is 393. The standard InChI is InChI=1S/C18H29N/c1-6-14(4)18(5,8-3)13-17(19)16-11-9-15(7-2)10-12-16/h7,9-12,14,17H,2,6,8,13,19H2,1,3-5H3. The molecular formula is C18H29N. The van der Waals surface area contributed by atoms with Crippen LogP contribution in [0.25, 0.3) is 6.08 Å². The van der Waals surface area contributed by atoms with Gasteiger partial charge in [0.15, 0.2) is 0 Å². The molecule has 0 aromatic heterocycles. The van der Waals surface area contributed by atoms with Gasteiger partial charge in [-0.1, -0.05) is 77.5 Å². The van der Waals surface area contributed by atoms with Crippen molar-refractivity contribution < 1.29 is 0 Å². The maximum absolute atomic E-state index is 6.41. The Balaban J connectivity index is 2.81. The highest BCUT2D eigenvalue weighted by molar-refractivity contribution is 5.47. The smallest absolute Gasteiger partial charge is 0.0300 e. The van der Waals surface area contributed by atoms with E-state index in [9.17, 15) is 0 Å². The van der Waals surface area contributed by atoms with Gasteiger partial charge in [0.2, 0.25) is 0 Å². The van der Waals surface area contributed by atoms with Crippen LogP contribution in [0.1, 0.15) is 64.1 Å². The summed E-state index contributed by atoms with van der Waals surface area (Å²) in [5.41, 5.74) is 9.12. The zero-order chi connectivity index (χ0) is 14.5. The van der Waals surface area contributed by atoms with E-state index in [1.807, 2.05) is 6.08 Å². The molecule has 0 aliphatic rings. The van der Waals surface area contributed by atoms with Crippen LogP contribution < -0.4 is 5.73 Å². The van der Waals surface area contributed by atoms with E-state index >= 15 is 0 Å². The minimum absolute atomic E-state index is 0.123. The van der Waals surface area contributed by atoms with Crippen LogP contribution >= 0.6 is 0 Å². The third-order valence-corrected chi connectivity index (χ3v) is 4.90. The van der Waals surface area contributed by atoms with Crippen LogP contribution in [0.4, 0.5) is 0 Å². The average Bonchev–Trinajstić information content (AvgIpc) is 2.46. The zero-order valence-corrected chi connectivity index (χ0v) is 12.9. The number of hydrogen-bond donors (Lipinski definition) is 1. The van der Waals surface area contributed by atoms with E-state index in [4.69, 9.17) is 5.73 Å². The average molecular weight is 259 g/mol. The molecule has 0 bridgehead atoms. The van der Waals surface area contributed by atoms with Crippen LogP contribution in [0.15, 0.2) is 30.8 Å². The molecule has 19 heavy (non-hydrogen) atoms. The first-order valence-electron chi connectivity index (χ1n) is 7.44. The summed E-state index contributed by atoms with van der Waals surface area (Å²) in [6.07, 6.45) is 5.31. The normalized spacial score (nSPS) is 17.5. The fraction of sp³-hybridized carbons (Fsp3) is 0.556. The predicted molar refractivity (Wildman–Crippen MR) is 85.9 cm³/mol. The van der Waals surface area contributed by atoms with Crippen molar-refractivity contribution >= 4 is 6.08 Å². The first-order chi connectivity index (χ1) is 8.96. The molecule has 1 aromatic rings. The topological polar surface area (TPSA) is 26.0 Å². The van der Waals surface area contributed by atoms with Gasteiger partial charge in [0.25, 0.3) is 0 Å². The summed E-state index contributed by atoms with van der Waals surface area (Å²) in [5, 5.41) is 0. The van der Waals surface area contributed by atoms with E-state index in [1.54, 1.807) is 0 Å². The Morgan fingerprint density at radius 3 is 2.26 bits per heavy atom. The molecule has 2 N–H and O–H groups in total. The maximum atomic E-state index is 6.41. The van der Waals surface area contributed by atoms with E-state index in [0.717, 1.165) is 12.0 Å². The van der Waals surface area contributed by atoms with Gasteiger partial charge in [0.1, 0.15) is 0 Å². The fourth-order valence-corrected chi connectivity index (χ4v) is 2.69. The first-order valence-corrected chi connectivity index (χ1v) is 7.44. The molecule has 3 unspecified atom stereocenters. The Hall–Kier alpha value is -1.08. The quantitative estimate of drug-likeness (QED) is 0.717. The number of nitrogens with two attached hydrogens (primary N) is 1. The highest BCUT2D eigenvalue weighted by atomic mass is 14.6. The second-order valence-corrected chi connectivity index (χ2v) is 6.00. The van der Waals surface area contributed by atoms with Crippen molar-refractivity contribution in [2.75, 3.05) is 0 Å². The SMILES string of the molecule is C=Cc1ccc(C(N)CC(C)(CC)C(C)CC)cc1. The Kier molecular flexibility index (Phi) is 5.81. The van der Waals surface area contributed by atoms with Gasteiger partial charge in [-0.25, -0.2) is 0 Å². The van der Waals surface area contributed by atoms with Crippen molar-refractivity contribution in [2.45, 2.75) is 53.0 Å². The van der Waals surface area contributed by atoms with E-state index in [-0.39, 0.29) is 6.04 Å². The third kappa shape index (κ3) is 3.94. The largest absolute Gasteiger partial charge is 0.324 e. The minimum atomic E-state index is 0.123. The summed E-state index contributed by atoms with van der Waals surface area (Å²) in [7, 11) is 0. The van der Waals surface area contributed by atoms with Gasteiger partial charge < -0.3 is 5.73 Å². The van der Waals surface area contributed by atoms with Crippen molar-refractivity contribution in [3.8, 4) is 0 Å². The summed E-state index contributed by atoms with van der Waals surface area (Å²) in [6.45, 7) is 13.0. The van der Waals surface area contributed by atoms with Crippen LogP contribution in [0, 0.1) is 11.3 Å². The van der Waals surface area contributed by atoms with Crippen molar-refractivity contribution in [1.82, 2.24) is 0 Å². The second kappa shape index (κ2) is 6.91. The lowest BCUT2D eigenvalue weighted by molar-refractivity contribution is 0.157. The van der Waals surface area contributed by atoms with Crippen molar-refractivity contribution in [3.63, 3.8) is 0 Å². The molecule has 1 rings (SSSR count). The second-order valence-electron chi connectivity index (χ2n) is 6.00. The summed E-state index contributed by atoms with van der Waals surface area (Å²) >= 11 is 0. The molecular weight excluding hydrogens is 230 g/mol. The van der Waals surface area contributed by atoms with Crippen LogP contribution in [-0.4, -0.2) is 0 Å². The molecule has 0 aliphatic heterocycles. The zero-order valence-electron chi connectivity index (χ0n) is 12.9. The number of hydrogen-bond acceptors (Lipinski definition) is 1. The van der Waals surface area contributed by atoms with Crippen LogP contribution in [-0.2, 0) is 0 Å². The van der Waals surface area contributed by atoms with Crippen molar-refractivity contribution in [2.24, 2.45) is 17.1 Å². The highest BCUT2D eigenvalue weighted by Gasteiger charge is 2.30. The first kappa shape index (κ1) is 16.0. The molecule has 1 nitrogen and oxygen atoms in total. The lowest BCUT2D eigenvalue weighted by Crippen LogP contribution is -2.29. The van der Waals surface area contributed by atoms with E-state index in [0.29, 0.717) is 11.3 Å². The van der Waals surface area contributed by atoms with Gasteiger partial charge in [0.05, 0.1) is 0 Å². The van der Waals surface area contributed by atoms with Crippen molar-refractivity contribution in [3.05, 3.63) is 42.0 Å². The van der Waals surface area contributed by atoms with Crippen LogP contribution in [0.5, 0.6) is 0 Å². The molecule has 0 spiro atoms. The highest BCUT2D eigenvalue weighted by Crippen LogP contribution is 2.40. The third-order valence-electron chi connectivity index (χ3n) is 4.90. The molecule has 0 saturated heterocycles. The molecule has 0 saturated carbocycles. The van der Waals surface area contributed by atoms with Gasteiger partial charge in [-0.05, 0) is 28.9 Å². The van der Waals surface area contributed by atoms with Gasteiger partial charge in [0, 0.05) is 6.04 Å². The molecule has 1 heteroatoms. The van der Waals surface area contributed by atoms with Crippen LogP contribution in [0.3, 0.4) is 0 Å². The van der Waals surface area contributed by atoms with E-state index in [1.165, 1.54) is 18.4 Å². The molecule has 0 heterocycles. The molecule has 106 valence electrons. The number of rotatable bonds is 7. The molecule has 1 aromatic carbocycles. The lowest BCUT2D eigenvalue weighted by atomic mass is 9.70. The molecule has 0 radical (unpaired) electrons. The summed E-state index contributed by atoms with van der Waals surface area (Å²) < 4.78 is 0. The van der Waals surface area contributed by atoms with Crippen molar-refractivity contribution in [1.29, 1.82) is 0 Å². The maximum Gasteiger partial charge on any atom is 0.0300 e. The minimum Gasteiger partial charge on any atom is -0.324 e. The van der Waals surface area contributed by atoms with Gasteiger partial charge in [-0.15, -0.1) is 0 Å². The molecule has 3 atom stereocenters. The lowest BCUT2D eigenvalue weighted by Gasteiger charge is -2.37. The Morgan fingerprint density at radius 2 is 1.84 bits per heavy atom. The predicted octanol–water partition coefficient (Wildman–Crippen LogP) is 5.18. The van der Waals surface area contributed by atoms with E-state index in [2.05, 4.69) is 58.5 Å². The number of benzene rings is 1. The Morgan fingerprint density at radius 1 is 1.26 bits per heavy atom. The summed E-state index contributed by atoms with van der Waals surface area (Å²) in [6, 6.07) is 8.57. The molecule has 0 fully saturated rings. The van der Waals surface area contributed by atoms with Crippen LogP contribution in [0.2, 0.25) is 0 Å². The van der Waals surface area contributed by atoms with Gasteiger partial charge in [-0.2, -0.15) is 0 Å². The van der Waals surface area contributed by atoms with Gasteiger partial charge >= 0.3 is 0 Å². The monoisotopic (exact) mass is 259 g/mol. The molecule has 0 aliphatic carbocycles. The summed E-state index contributed by atoms with van der Waals surface area (Å²) in [5.74, 6) is 0.705. The summed E-state index contributed by atoms with van der Waals surface area (Å²) in [4.78, 5) is 0. The van der Waals surface area contributed by atoms with E-state index < -0.39 is 0 Å².